The number of nitrogens with one attached hydrogen (secondary N) is 1. The summed E-state index contributed by atoms with van der Waals surface area (Å²) in [6, 6.07) is 18.9. The van der Waals surface area contributed by atoms with Crippen LogP contribution in [0.3, 0.4) is 0 Å². The highest BCUT2D eigenvalue weighted by atomic mass is 35.5. The van der Waals surface area contributed by atoms with E-state index < -0.39 is 0 Å². The molecule has 1 N–H and O–H groups in total. The summed E-state index contributed by atoms with van der Waals surface area (Å²) in [7, 11) is 0. The van der Waals surface area contributed by atoms with E-state index in [1.807, 2.05) is 61.5 Å². The first-order valence-electron chi connectivity index (χ1n) is 9.28. The molecule has 1 aliphatic rings. The van der Waals surface area contributed by atoms with Crippen molar-refractivity contribution in [3.8, 4) is 5.75 Å². The van der Waals surface area contributed by atoms with Crippen molar-refractivity contribution < 1.29 is 9.53 Å². The lowest BCUT2D eigenvalue weighted by Gasteiger charge is -2.19. The minimum Gasteiger partial charge on any atom is -0.488 e. The number of halogens is 1. The van der Waals surface area contributed by atoms with E-state index in [0.717, 1.165) is 29.7 Å². The van der Waals surface area contributed by atoms with Crippen molar-refractivity contribution in [1.29, 1.82) is 0 Å². The third-order valence-corrected chi connectivity index (χ3v) is 5.35. The molecule has 28 heavy (non-hydrogen) atoms. The number of rotatable bonds is 6. The van der Waals surface area contributed by atoms with Crippen LogP contribution in [-0.2, 0) is 12.1 Å². The van der Waals surface area contributed by atoms with Gasteiger partial charge >= 0.3 is 0 Å². The Balaban J connectivity index is 1.54. The first-order valence-corrected chi connectivity index (χ1v) is 9.66. The summed E-state index contributed by atoms with van der Waals surface area (Å²) in [5, 5.41) is 3.81. The Kier molecular flexibility index (Phi) is 5.05. The van der Waals surface area contributed by atoms with Gasteiger partial charge in [-0.25, -0.2) is 0 Å². The molecule has 1 aliphatic carbocycles. The smallest absolute Gasteiger partial charge is 0.255 e. The van der Waals surface area contributed by atoms with Crippen LogP contribution in [0.15, 0.2) is 66.9 Å². The summed E-state index contributed by atoms with van der Waals surface area (Å²) >= 11 is 6.22. The third kappa shape index (κ3) is 3.87. The molecule has 1 amide bonds. The number of pyridine rings is 1. The lowest BCUT2D eigenvalue weighted by Crippen LogP contribution is -2.35. The number of hydrogen-bond acceptors (Lipinski definition) is 3. The number of aromatic nitrogens is 1. The first kappa shape index (κ1) is 18.5. The molecule has 4 nitrogen and oxygen atoms in total. The zero-order chi connectivity index (χ0) is 19.6. The van der Waals surface area contributed by atoms with Gasteiger partial charge in [-0.15, -0.1) is 0 Å². The van der Waals surface area contributed by atoms with Gasteiger partial charge in [0.15, 0.2) is 0 Å². The van der Waals surface area contributed by atoms with Crippen LogP contribution in [0.1, 0.15) is 40.0 Å². The van der Waals surface area contributed by atoms with E-state index >= 15 is 0 Å². The molecule has 2 aromatic carbocycles. The largest absolute Gasteiger partial charge is 0.488 e. The zero-order valence-corrected chi connectivity index (χ0v) is 16.4. The maximum Gasteiger partial charge on any atom is 0.255 e. The fourth-order valence-corrected chi connectivity index (χ4v) is 3.40. The number of carbonyl (C=O) groups is 1. The molecule has 0 aliphatic heterocycles. The van der Waals surface area contributed by atoms with Gasteiger partial charge in [0, 0.05) is 16.8 Å². The van der Waals surface area contributed by atoms with Gasteiger partial charge in [-0.2, -0.15) is 0 Å². The Hall–Kier alpha value is -2.85. The van der Waals surface area contributed by atoms with Crippen molar-refractivity contribution in [2.45, 2.75) is 31.9 Å². The van der Waals surface area contributed by atoms with Crippen LogP contribution in [0.4, 0.5) is 0 Å². The van der Waals surface area contributed by atoms with E-state index in [0.29, 0.717) is 22.9 Å². The van der Waals surface area contributed by atoms with Crippen LogP contribution in [-0.4, -0.2) is 10.9 Å². The predicted molar refractivity (Wildman–Crippen MR) is 110 cm³/mol. The predicted octanol–water partition coefficient (Wildman–Crippen LogP) is 5.04. The molecule has 0 radical (unpaired) electrons. The van der Waals surface area contributed by atoms with E-state index in [9.17, 15) is 4.79 Å². The number of aryl methyl sites for hydroxylation is 1. The third-order valence-electron chi connectivity index (χ3n) is 4.98. The highest BCUT2D eigenvalue weighted by Gasteiger charge is 2.47. The highest BCUT2D eigenvalue weighted by Crippen LogP contribution is 2.44. The molecule has 1 saturated carbocycles. The van der Waals surface area contributed by atoms with Crippen molar-refractivity contribution in [2.75, 3.05) is 0 Å². The molecule has 3 aromatic rings. The van der Waals surface area contributed by atoms with Gasteiger partial charge in [-0.1, -0.05) is 41.9 Å². The summed E-state index contributed by atoms with van der Waals surface area (Å²) in [6.45, 7) is 2.27. The molecule has 5 heteroatoms. The van der Waals surface area contributed by atoms with Gasteiger partial charge in [0.1, 0.15) is 12.4 Å². The molecular weight excluding hydrogens is 372 g/mol. The van der Waals surface area contributed by atoms with Gasteiger partial charge in [0.2, 0.25) is 0 Å². The first-order chi connectivity index (χ1) is 13.6. The number of benzene rings is 2. The normalized spacial score (nSPS) is 14.4. The molecular formula is C23H21ClN2O2. The average molecular weight is 393 g/mol. The second-order valence-electron chi connectivity index (χ2n) is 7.13. The molecule has 1 fully saturated rings. The Bertz CT molecular complexity index is 1000. The number of hydrogen-bond donors (Lipinski definition) is 1. The zero-order valence-electron chi connectivity index (χ0n) is 15.6. The Morgan fingerprint density at radius 1 is 1.14 bits per heavy atom. The number of amides is 1. The molecule has 0 saturated heterocycles. The van der Waals surface area contributed by atoms with Gasteiger partial charge in [0.25, 0.3) is 5.91 Å². The number of nitrogens with zero attached hydrogens (tertiary/aromatic N) is 1. The summed E-state index contributed by atoms with van der Waals surface area (Å²) in [5.41, 5.74) is 2.94. The topological polar surface area (TPSA) is 51.2 Å². The van der Waals surface area contributed by atoms with Crippen molar-refractivity contribution in [3.05, 3.63) is 94.3 Å². The summed E-state index contributed by atoms with van der Waals surface area (Å²) in [6.07, 6.45) is 3.53. The Morgan fingerprint density at radius 2 is 1.93 bits per heavy atom. The van der Waals surface area contributed by atoms with E-state index in [-0.39, 0.29) is 11.4 Å². The number of ether oxygens (including phenoxy) is 1. The minimum absolute atomic E-state index is 0.155. The lowest BCUT2D eigenvalue weighted by atomic mass is 10.1. The van der Waals surface area contributed by atoms with Gasteiger partial charge < -0.3 is 10.1 Å². The van der Waals surface area contributed by atoms with E-state index in [1.165, 1.54) is 0 Å². The number of carbonyl (C=O) groups excluding carboxylic acids is 1. The van der Waals surface area contributed by atoms with Crippen molar-refractivity contribution in [3.63, 3.8) is 0 Å². The van der Waals surface area contributed by atoms with Crippen LogP contribution in [0.5, 0.6) is 5.75 Å². The fraction of sp³-hybridized carbons (Fsp3) is 0.217. The van der Waals surface area contributed by atoms with Crippen molar-refractivity contribution in [2.24, 2.45) is 0 Å². The van der Waals surface area contributed by atoms with E-state index in [4.69, 9.17) is 16.3 Å². The van der Waals surface area contributed by atoms with Crippen LogP contribution in [0.25, 0.3) is 0 Å². The summed E-state index contributed by atoms with van der Waals surface area (Å²) in [4.78, 5) is 17.5. The SMILES string of the molecule is Cc1ccc(C(=O)NC2(c3ccccn3)CC2)c(OCc2ccccc2Cl)c1. The standard InChI is InChI=1S/C23H21ClN2O2/c1-16-9-10-18(20(14-16)28-15-17-6-2-3-7-19(17)24)22(27)26-23(11-12-23)21-8-4-5-13-25-21/h2-10,13-14H,11-12,15H2,1H3,(H,26,27). The molecule has 0 spiro atoms. The molecule has 1 heterocycles. The fourth-order valence-electron chi connectivity index (χ4n) is 3.21. The average Bonchev–Trinajstić information content (AvgIpc) is 3.49. The summed E-state index contributed by atoms with van der Waals surface area (Å²) in [5.74, 6) is 0.395. The van der Waals surface area contributed by atoms with Crippen molar-refractivity contribution >= 4 is 17.5 Å². The van der Waals surface area contributed by atoms with Crippen LogP contribution in [0, 0.1) is 6.92 Å². The van der Waals surface area contributed by atoms with Crippen LogP contribution >= 0.6 is 11.6 Å². The highest BCUT2D eigenvalue weighted by molar-refractivity contribution is 6.31. The lowest BCUT2D eigenvalue weighted by molar-refractivity contribution is 0.0925. The van der Waals surface area contributed by atoms with Crippen LogP contribution in [0.2, 0.25) is 5.02 Å². The Labute approximate surface area is 169 Å². The van der Waals surface area contributed by atoms with E-state index in [2.05, 4.69) is 10.3 Å². The quantitative estimate of drug-likeness (QED) is 0.639. The van der Waals surface area contributed by atoms with Gasteiger partial charge in [-0.3, -0.25) is 9.78 Å². The molecule has 0 unspecified atom stereocenters. The molecule has 0 bridgehead atoms. The minimum atomic E-state index is -0.372. The molecule has 4 rings (SSSR count). The summed E-state index contributed by atoms with van der Waals surface area (Å²) < 4.78 is 5.99. The maximum absolute atomic E-state index is 13.0. The molecule has 142 valence electrons. The maximum atomic E-state index is 13.0. The molecule has 1 aromatic heterocycles. The second kappa shape index (κ2) is 7.64. The Morgan fingerprint density at radius 3 is 2.64 bits per heavy atom. The second-order valence-corrected chi connectivity index (χ2v) is 7.54. The van der Waals surface area contributed by atoms with Crippen LogP contribution < -0.4 is 10.1 Å². The molecule has 0 atom stereocenters. The van der Waals surface area contributed by atoms with Gasteiger partial charge in [0.05, 0.1) is 16.8 Å². The monoisotopic (exact) mass is 392 g/mol. The van der Waals surface area contributed by atoms with Crippen molar-refractivity contribution in [1.82, 2.24) is 10.3 Å². The van der Waals surface area contributed by atoms with E-state index in [1.54, 1.807) is 12.3 Å². The van der Waals surface area contributed by atoms with Gasteiger partial charge in [-0.05, 0) is 55.7 Å².